The maximum Gasteiger partial charge on any atom is 0.337 e. The van der Waals surface area contributed by atoms with E-state index >= 15 is 0 Å². The van der Waals surface area contributed by atoms with Crippen molar-refractivity contribution < 1.29 is 14.3 Å². The molecule has 0 fully saturated rings. The summed E-state index contributed by atoms with van der Waals surface area (Å²) >= 11 is 0. The molecule has 1 aromatic carbocycles. The average molecular weight is 314 g/mol. The Kier molecular flexibility index (Phi) is 5.24. The summed E-state index contributed by atoms with van der Waals surface area (Å²) < 4.78 is 4.65. The van der Waals surface area contributed by atoms with Crippen molar-refractivity contribution in [3.8, 4) is 0 Å². The number of hydrogen-bond acceptors (Lipinski definition) is 6. The van der Waals surface area contributed by atoms with Gasteiger partial charge in [-0.3, -0.25) is 4.79 Å². The van der Waals surface area contributed by atoms with Crippen molar-refractivity contribution in [3.05, 3.63) is 47.8 Å². The van der Waals surface area contributed by atoms with E-state index in [-0.39, 0.29) is 17.6 Å². The van der Waals surface area contributed by atoms with Crippen LogP contribution in [0.2, 0.25) is 0 Å². The van der Waals surface area contributed by atoms with E-state index in [1.54, 1.807) is 18.2 Å². The molecule has 0 unspecified atom stereocenters. The van der Waals surface area contributed by atoms with Crippen LogP contribution >= 0.6 is 0 Å². The molecule has 0 radical (unpaired) electrons. The van der Waals surface area contributed by atoms with Crippen LogP contribution in [0.5, 0.6) is 0 Å². The number of methoxy groups -OCH3 is 1. The second-order valence-electron chi connectivity index (χ2n) is 5.09. The van der Waals surface area contributed by atoms with Crippen LogP contribution in [0, 0.1) is 0 Å². The molecule has 0 spiro atoms. The van der Waals surface area contributed by atoms with Crippen molar-refractivity contribution >= 4 is 23.5 Å². The van der Waals surface area contributed by atoms with Gasteiger partial charge in [-0.15, -0.1) is 0 Å². The summed E-state index contributed by atoms with van der Waals surface area (Å²) in [5.74, 6) is -0.469. The Labute approximate surface area is 134 Å². The highest BCUT2D eigenvalue weighted by molar-refractivity contribution is 6.03. The molecule has 2 rings (SSSR count). The number of esters is 1. The molecule has 1 aromatic heterocycles. The standard InChI is InChI=1S/C16H18N4O3/c1-10(2)18-16-17-8-7-13(20-16)14(21)19-12-6-4-5-11(9-12)15(22)23-3/h4-10H,1-3H3,(H,19,21)(H,17,18,20). The number of benzene rings is 1. The Morgan fingerprint density at radius 3 is 2.70 bits per heavy atom. The van der Waals surface area contributed by atoms with Crippen LogP contribution in [-0.4, -0.2) is 35.0 Å². The Balaban J connectivity index is 2.14. The van der Waals surface area contributed by atoms with Crippen LogP contribution in [0.25, 0.3) is 0 Å². The molecule has 1 amide bonds. The molecular formula is C16H18N4O3. The van der Waals surface area contributed by atoms with Crippen molar-refractivity contribution in [2.24, 2.45) is 0 Å². The Morgan fingerprint density at radius 1 is 1.22 bits per heavy atom. The molecule has 0 aliphatic carbocycles. The molecule has 0 aliphatic rings. The lowest BCUT2D eigenvalue weighted by Gasteiger charge is -2.09. The summed E-state index contributed by atoms with van der Waals surface area (Å²) in [6.07, 6.45) is 1.51. The Bertz CT molecular complexity index is 716. The summed E-state index contributed by atoms with van der Waals surface area (Å²) in [7, 11) is 1.30. The van der Waals surface area contributed by atoms with Crippen molar-refractivity contribution in [1.82, 2.24) is 9.97 Å². The van der Waals surface area contributed by atoms with E-state index in [2.05, 4.69) is 25.3 Å². The summed E-state index contributed by atoms with van der Waals surface area (Å²) in [5.41, 5.74) is 1.07. The number of nitrogens with one attached hydrogen (secondary N) is 2. The summed E-state index contributed by atoms with van der Waals surface area (Å²) in [5, 5.41) is 5.73. The largest absolute Gasteiger partial charge is 0.465 e. The van der Waals surface area contributed by atoms with Gasteiger partial charge in [0.2, 0.25) is 5.95 Å². The van der Waals surface area contributed by atoms with Gasteiger partial charge >= 0.3 is 5.97 Å². The monoisotopic (exact) mass is 314 g/mol. The quantitative estimate of drug-likeness (QED) is 0.823. The number of anilines is 2. The zero-order valence-corrected chi connectivity index (χ0v) is 13.2. The molecule has 7 heteroatoms. The van der Waals surface area contributed by atoms with Gasteiger partial charge < -0.3 is 15.4 Å². The van der Waals surface area contributed by atoms with E-state index in [4.69, 9.17) is 0 Å². The fraction of sp³-hybridized carbons (Fsp3) is 0.250. The van der Waals surface area contributed by atoms with E-state index in [1.165, 1.54) is 25.4 Å². The molecule has 0 saturated carbocycles. The first-order valence-electron chi connectivity index (χ1n) is 7.09. The topological polar surface area (TPSA) is 93.2 Å². The fourth-order valence-electron chi connectivity index (χ4n) is 1.85. The maximum absolute atomic E-state index is 12.3. The SMILES string of the molecule is COC(=O)c1cccc(NC(=O)c2ccnc(NC(C)C)n2)c1. The number of rotatable bonds is 5. The first kappa shape index (κ1) is 16.4. The van der Waals surface area contributed by atoms with Gasteiger partial charge in [-0.25, -0.2) is 14.8 Å². The van der Waals surface area contributed by atoms with E-state index in [0.717, 1.165) is 0 Å². The number of amides is 1. The smallest absolute Gasteiger partial charge is 0.337 e. The van der Waals surface area contributed by atoms with Crippen LogP contribution in [-0.2, 0) is 4.74 Å². The molecule has 7 nitrogen and oxygen atoms in total. The summed E-state index contributed by atoms with van der Waals surface area (Å²) in [6, 6.07) is 8.16. The summed E-state index contributed by atoms with van der Waals surface area (Å²) in [4.78, 5) is 32.0. The van der Waals surface area contributed by atoms with Crippen LogP contribution in [0.4, 0.5) is 11.6 Å². The van der Waals surface area contributed by atoms with Crippen molar-refractivity contribution in [2.75, 3.05) is 17.7 Å². The van der Waals surface area contributed by atoms with Crippen LogP contribution < -0.4 is 10.6 Å². The van der Waals surface area contributed by atoms with Gasteiger partial charge in [-0.05, 0) is 38.1 Å². The summed E-state index contributed by atoms with van der Waals surface area (Å²) in [6.45, 7) is 3.91. The van der Waals surface area contributed by atoms with Gasteiger partial charge in [-0.2, -0.15) is 0 Å². The van der Waals surface area contributed by atoms with Crippen LogP contribution in [0.1, 0.15) is 34.7 Å². The average Bonchev–Trinajstić information content (AvgIpc) is 2.54. The highest BCUT2D eigenvalue weighted by atomic mass is 16.5. The Morgan fingerprint density at radius 2 is 2.00 bits per heavy atom. The highest BCUT2D eigenvalue weighted by Gasteiger charge is 2.11. The molecule has 2 aromatic rings. The predicted octanol–water partition coefficient (Wildman–Crippen LogP) is 2.34. The second kappa shape index (κ2) is 7.35. The highest BCUT2D eigenvalue weighted by Crippen LogP contribution is 2.13. The molecule has 0 bridgehead atoms. The third kappa shape index (κ3) is 4.50. The van der Waals surface area contributed by atoms with E-state index in [0.29, 0.717) is 17.2 Å². The minimum absolute atomic E-state index is 0.157. The first-order chi connectivity index (χ1) is 11.0. The zero-order valence-electron chi connectivity index (χ0n) is 13.2. The molecule has 23 heavy (non-hydrogen) atoms. The third-order valence-corrected chi connectivity index (χ3v) is 2.85. The number of ether oxygens (including phenoxy) is 1. The van der Waals surface area contributed by atoms with Crippen molar-refractivity contribution in [2.45, 2.75) is 19.9 Å². The van der Waals surface area contributed by atoms with E-state index < -0.39 is 5.97 Å². The zero-order chi connectivity index (χ0) is 16.8. The van der Waals surface area contributed by atoms with Gasteiger partial charge in [0.05, 0.1) is 12.7 Å². The Hall–Kier alpha value is -2.96. The molecule has 2 N–H and O–H groups in total. The number of nitrogens with zero attached hydrogens (tertiary/aromatic N) is 2. The number of carbonyl (C=O) groups is 2. The molecular weight excluding hydrogens is 296 g/mol. The number of hydrogen-bond donors (Lipinski definition) is 2. The number of aromatic nitrogens is 2. The molecule has 0 aliphatic heterocycles. The third-order valence-electron chi connectivity index (χ3n) is 2.85. The minimum Gasteiger partial charge on any atom is -0.465 e. The van der Waals surface area contributed by atoms with E-state index in [1.807, 2.05) is 13.8 Å². The van der Waals surface area contributed by atoms with E-state index in [9.17, 15) is 9.59 Å². The van der Waals surface area contributed by atoms with Gasteiger partial charge in [0, 0.05) is 17.9 Å². The first-order valence-corrected chi connectivity index (χ1v) is 7.09. The second-order valence-corrected chi connectivity index (χ2v) is 5.09. The maximum atomic E-state index is 12.3. The van der Waals surface area contributed by atoms with Gasteiger partial charge in [0.1, 0.15) is 5.69 Å². The molecule has 0 saturated heterocycles. The normalized spacial score (nSPS) is 10.3. The lowest BCUT2D eigenvalue weighted by Crippen LogP contribution is -2.17. The molecule has 0 atom stereocenters. The van der Waals surface area contributed by atoms with Gasteiger partial charge in [0.15, 0.2) is 0 Å². The van der Waals surface area contributed by atoms with Gasteiger partial charge in [-0.1, -0.05) is 6.07 Å². The van der Waals surface area contributed by atoms with Crippen LogP contribution in [0.15, 0.2) is 36.5 Å². The molecule has 120 valence electrons. The lowest BCUT2D eigenvalue weighted by atomic mass is 10.2. The van der Waals surface area contributed by atoms with Crippen molar-refractivity contribution in [1.29, 1.82) is 0 Å². The predicted molar refractivity (Wildman–Crippen MR) is 86.5 cm³/mol. The van der Waals surface area contributed by atoms with Gasteiger partial charge in [0.25, 0.3) is 5.91 Å². The fourth-order valence-corrected chi connectivity index (χ4v) is 1.85. The van der Waals surface area contributed by atoms with Crippen molar-refractivity contribution in [3.63, 3.8) is 0 Å². The van der Waals surface area contributed by atoms with Crippen LogP contribution in [0.3, 0.4) is 0 Å². The number of carbonyl (C=O) groups excluding carboxylic acids is 2. The lowest BCUT2D eigenvalue weighted by molar-refractivity contribution is 0.0600. The molecule has 1 heterocycles. The minimum atomic E-state index is -0.466.